The first-order valence-electron chi connectivity index (χ1n) is 12.5. The zero-order chi connectivity index (χ0) is 28.4. The summed E-state index contributed by atoms with van der Waals surface area (Å²) >= 11 is 1.33. The molecule has 0 aliphatic carbocycles. The number of nitrogens with one attached hydrogen (secondary N) is 4. The van der Waals surface area contributed by atoms with E-state index in [-0.39, 0.29) is 17.8 Å². The molecule has 0 spiro atoms. The third-order valence-corrected chi connectivity index (χ3v) is 5.98. The number of nitrogens with zero attached hydrogens (tertiary/aromatic N) is 3. The van der Waals surface area contributed by atoms with E-state index in [0.717, 1.165) is 18.5 Å². The topological polar surface area (TPSA) is 138 Å². The molecule has 39 heavy (non-hydrogen) atoms. The highest BCUT2D eigenvalue weighted by Gasteiger charge is 2.19. The quantitative estimate of drug-likeness (QED) is 0.266. The Morgan fingerprint density at radius 1 is 1.00 bits per heavy atom. The van der Waals surface area contributed by atoms with Gasteiger partial charge >= 0.3 is 12.1 Å². The summed E-state index contributed by atoms with van der Waals surface area (Å²) in [4.78, 5) is 48.2. The van der Waals surface area contributed by atoms with Crippen LogP contribution in [0.5, 0.6) is 0 Å². The first kappa shape index (κ1) is 29.5. The number of urea groups is 1. The van der Waals surface area contributed by atoms with Crippen molar-refractivity contribution in [1.82, 2.24) is 20.2 Å². The van der Waals surface area contributed by atoms with Crippen LogP contribution >= 0.6 is 11.3 Å². The lowest BCUT2D eigenvalue weighted by molar-refractivity contribution is 0.0635. The predicted molar refractivity (Wildman–Crippen MR) is 153 cm³/mol. The van der Waals surface area contributed by atoms with Crippen molar-refractivity contribution < 1.29 is 19.1 Å². The average Bonchev–Trinajstić information content (AvgIpc) is 3.36. The van der Waals surface area contributed by atoms with Crippen LogP contribution in [-0.2, 0) is 4.74 Å². The van der Waals surface area contributed by atoms with Gasteiger partial charge in [-0.15, -0.1) is 11.3 Å². The number of thiazole rings is 1. The highest BCUT2D eigenvalue weighted by molar-refractivity contribution is 7.13. The number of carbonyl (C=O) groups is 3. The van der Waals surface area contributed by atoms with E-state index < -0.39 is 17.6 Å². The van der Waals surface area contributed by atoms with E-state index in [1.54, 1.807) is 74.9 Å². The number of benzene rings is 1. The van der Waals surface area contributed by atoms with Crippen molar-refractivity contribution in [2.75, 3.05) is 36.6 Å². The minimum Gasteiger partial charge on any atom is -0.444 e. The Morgan fingerprint density at radius 2 is 1.72 bits per heavy atom. The summed E-state index contributed by atoms with van der Waals surface area (Å²) in [6.07, 6.45) is 4.11. The molecule has 4 N–H and O–H groups in total. The largest absolute Gasteiger partial charge is 0.444 e. The van der Waals surface area contributed by atoms with E-state index in [1.165, 1.54) is 11.3 Å². The van der Waals surface area contributed by atoms with Crippen molar-refractivity contribution >= 4 is 45.9 Å². The number of aromatic nitrogens is 2. The van der Waals surface area contributed by atoms with E-state index in [2.05, 4.69) is 36.1 Å². The molecule has 208 valence electrons. The summed E-state index contributed by atoms with van der Waals surface area (Å²) in [6.45, 7) is 6.17. The van der Waals surface area contributed by atoms with Crippen LogP contribution in [0.15, 0.2) is 54.2 Å². The molecule has 12 heteroatoms. The van der Waals surface area contributed by atoms with Gasteiger partial charge in [-0.2, -0.15) is 0 Å². The standard InChI is InChI=1S/C27H35N7O4S/c1-27(2,3)38-26(37)32-21-10-7-6-9-20(21)30-23(35)22-13-12-18(17-29-22)19(11-8-15-34(4)5)31-24(36)33-25-28-14-16-39-25/h6-7,9-10,12-14,16-17,19H,8,11,15H2,1-5H3,(H,30,35)(H,32,37)(H2,28,31,33,36). The first-order chi connectivity index (χ1) is 18.5. The molecule has 2 heterocycles. The number of hydrogen-bond acceptors (Lipinski definition) is 8. The molecule has 4 amide bonds. The number of para-hydroxylation sites is 2. The summed E-state index contributed by atoms with van der Waals surface area (Å²) in [5.74, 6) is -0.446. The van der Waals surface area contributed by atoms with Crippen LogP contribution in [0.4, 0.5) is 26.1 Å². The van der Waals surface area contributed by atoms with Crippen molar-refractivity contribution in [3.8, 4) is 0 Å². The molecule has 1 aromatic carbocycles. The second-order valence-electron chi connectivity index (χ2n) is 10.0. The van der Waals surface area contributed by atoms with Crippen molar-refractivity contribution in [2.24, 2.45) is 0 Å². The number of amides is 4. The molecule has 3 aromatic rings. The van der Waals surface area contributed by atoms with Crippen molar-refractivity contribution in [2.45, 2.75) is 45.3 Å². The van der Waals surface area contributed by atoms with E-state index in [0.29, 0.717) is 22.9 Å². The van der Waals surface area contributed by atoms with Crippen molar-refractivity contribution in [1.29, 1.82) is 0 Å². The van der Waals surface area contributed by atoms with Gasteiger partial charge in [0.05, 0.1) is 17.4 Å². The van der Waals surface area contributed by atoms with Crippen LogP contribution in [0.3, 0.4) is 0 Å². The fraction of sp³-hybridized carbons (Fsp3) is 0.370. The number of carbonyl (C=O) groups excluding carboxylic acids is 3. The Kier molecular flexibility index (Phi) is 10.4. The van der Waals surface area contributed by atoms with Gasteiger partial charge in [0.1, 0.15) is 11.3 Å². The normalized spacial score (nSPS) is 11.9. The summed E-state index contributed by atoms with van der Waals surface area (Å²) in [5, 5.41) is 13.4. The zero-order valence-corrected chi connectivity index (χ0v) is 23.6. The molecule has 11 nitrogen and oxygen atoms in total. The molecule has 2 aromatic heterocycles. The van der Waals surface area contributed by atoms with Gasteiger partial charge in [-0.25, -0.2) is 14.6 Å². The van der Waals surface area contributed by atoms with E-state index in [1.807, 2.05) is 14.1 Å². The van der Waals surface area contributed by atoms with Crippen LogP contribution < -0.4 is 21.3 Å². The van der Waals surface area contributed by atoms with Crippen LogP contribution in [-0.4, -0.2) is 59.1 Å². The Bertz CT molecular complexity index is 1240. The monoisotopic (exact) mass is 553 g/mol. The number of rotatable bonds is 10. The second kappa shape index (κ2) is 13.7. The Labute approximate surface area is 232 Å². The van der Waals surface area contributed by atoms with Crippen molar-refractivity contribution in [3.05, 3.63) is 65.4 Å². The van der Waals surface area contributed by atoms with Gasteiger partial charge in [-0.1, -0.05) is 18.2 Å². The number of ether oxygens (including phenoxy) is 1. The fourth-order valence-electron chi connectivity index (χ4n) is 3.56. The molecule has 1 atom stereocenters. The molecule has 0 bridgehead atoms. The summed E-state index contributed by atoms with van der Waals surface area (Å²) in [7, 11) is 3.99. The second-order valence-corrected chi connectivity index (χ2v) is 10.9. The van der Waals surface area contributed by atoms with Gasteiger partial charge in [0, 0.05) is 17.8 Å². The Balaban J connectivity index is 1.68. The number of hydrogen-bond donors (Lipinski definition) is 4. The van der Waals surface area contributed by atoms with Crippen LogP contribution in [0.25, 0.3) is 0 Å². The minimum atomic E-state index is -0.658. The minimum absolute atomic E-state index is 0.185. The van der Waals surface area contributed by atoms with Gasteiger partial charge in [0.25, 0.3) is 5.91 Å². The van der Waals surface area contributed by atoms with E-state index >= 15 is 0 Å². The van der Waals surface area contributed by atoms with Gasteiger partial charge in [0.2, 0.25) is 0 Å². The molecule has 0 aliphatic heterocycles. The third kappa shape index (κ3) is 9.98. The molecule has 1 unspecified atom stereocenters. The Hall–Kier alpha value is -4.03. The maximum absolute atomic E-state index is 13.0. The first-order valence-corrected chi connectivity index (χ1v) is 13.4. The average molecular weight is 554 g/mol. The van der Waals surface area contributed by atoms with Gasteiger partial charge in [-0.3, -0.25) is 20.4 Å². The highest BCUT2D eigenvalue weighted by Crippen LogP contribution is 2.24. The smallest absolute Gasteiger partial charge is 0.412 e. The molecular formula is C27H35N7O4S. The zero-order valence-electron chi connectivity index (χ0n) is 22.8. The molecular weight excluding hydrogens is 518 g/mol. The van der Waals surface area contributed by atoms with E-state index in [4.69, 9.17) is 4.74 Å². The summed E-state index contributed by atoms with van der Waals surface area (Å²) in [6, 6.07) is 9.52. The Morgan fingerprint density at radius 3 is 2.31 bits per heavy atom. The molecule has 0 aliphatic rings. The van der Waals surface area contributed by atoms with Crippen molar-refractivity contribution in [3.63, 3.8) is 0 Å². The molecule has 0 saturated carbocycles. The SMILES string of the molecule is CN(C)CCCC(NC(=O)Nc1nccs1)c1ccc(C(=O)Nc2ccccc2NC(=O)OC(C)(C)C)nc1. The molecule has 3 rings (SSSR count). The predicted octanol–water partition coefficient (Wildman–Crippen LogP) is 5.34. The number of pyridine rings is 1. The maximum Gasteiger partial charge on any atom is 0.412 e. The van der Waals surface area contributed by atoms with Crippen LogP contribution in [0.2, 0.25) is 0 Å². The van der Waals surface area contributed by atoms with Crippen LogP contribution in [0.1, 0.15) is 55.7 Å². The lowest BCUT2D eigenvalue weighted by Crippen LogP contribution is -2.33. The van der Waals surface area contributed by atoms with Gasteiger partial charge in [-0.05, 0) is 78.0 Å². The molecule has 0 saturated heterocycles. The van der Waals surface area contributed by atoms with Gasteiger partial charge in [0.15, 0.2) is 5.13 Å². The number of anilines is 3. The van der Waals surface area contributed by atoms with E-state index in [9.17, 15) is 14.4 Å². The fourth-order valence-corrected chi connectivity index (χ4v) is 4.08. The molecule has 0 fully saturated rings. The molecule has 0 radical (unpaired) electrons. The maximum atomic E-state index is 13.0. The van der Waals surface area contributed by atoms with Crippen LogP contribution in [0, 0.1) is 0 Å². The van der Waals surface area contributed by atoms with Gasteiger partial charge < -0.3 is 20.3 Å². The highest BCUT2D eigenvalue weighted by atomic mass is 32.1. The lowest BCUT2D eigenvalue weighted by Gasteiger charge is -2.21. The lowest BCUT2D eigenvalue weighted by atomic mass is 10.0. The third-order valence-electron chi connectivity index (χ3n) is 5.29. The summed E-state index contributed by atoms with van der Waals surface area (Å²) < 4.78 is 5.30. The summed E-state index contributed by atoms with van der Waals surface area (Å²) in [5.41, 5.74) is 1.10.